The van der Waals surface area contributed by atoms with Crippen LogP contribution in [0.25, 0.3) is 0 Å². The molecule has 9 nitrogen and oxygen atoms in total. The van der Waals surface area contributed by atoms with Crippen molar-refractivity contribution in [3.63, 3.8) is 0 Å². The molecule has 1 saturated heterocycles. The van der Waals surface area contributed by atoms with Crippen LogP contribution >= 0.6 is 0 Å². The topological polar surface area (TPSA) is 108 Å². The summed E-state index contributed by atoms with van der Waals surface area (Å²) < 4.78 is 21.3. The molecule has 2 atom stereocenters. The molecule has 0 aliphatic carbocycles. The van der Waals surface area contributed by atoms with Crippen molar-refractivity contribution in [1.82, 2.24) is 0 Å². The predicted octanol–water partition coefficient (Wildman–Crippen LogP) is 3.05. The molecule has 0 bridgehead atoms. The van der Waals surface area contributed by atoms with Gasteiger partial charge in [0.25, 0.3) is 5.91 Å². The number of carbonyl (C=O) groups is 4. The minimum atomic E-state index is -1.55. The summed E-state index contributed by atoms with van der Waals surface area (Å²) in [6.07, 6.45) is -2.91. The van der Waals surface area contributed by atoms with Gasteiger partial charge in [-0.15, -0.1) is 0 Å². The molecule has 1 aliphatic heterocycles. The lowest BCUT2D eigenvalue weighted by molar-refractivity contribution is -0.188. The number of hydrogen-bond donors (Lipinski definition) is 0. The predicted molar refractivity (Wildman–Crippen MR) is 125 cm³/mol. The first-order chi connectivity index (χ1) is 16.5. The number of anilines is 1. The Hall–Kier alpha value is -3.72. The standard InChI is InChI=1S/C26H29NO8/c1-17(28)34-22(25(31)35-26(2,3)4)21-23(29)27(14-15-32-21)20-12-10-19(11-13-20)24(30)33-16-18-8-6-5-7-9-18/h5-13,21-22H,14-16H2,1-4H3/t21-,22-/m1/s1. The van der Waals surface area contributed by atoms with Gasteiger partial charge in [0.05, 0.1) is 12.2 Å². The molecular weight excluding hydrogens is 454 g/mol. The summed E-state index contributed by atoms with van der Waals surface area (Å²) in [5, 5.41) is 0. The van der Waals surface area contributed by atoms with Crippen molar-refractivity contribution >= 4 is 29.5 Å². The number of amides is 1. The summed E-state index contributed by atoms with van der Waals surface area (Å²) in [5.74, 6) is -2.67. The van der Waals surface area contributed by atoms with Gasteiger partial charge in [0.2, 0.25) is 6.10 Å². The lowest BCUT2D eigenvalue weighted by Crippen LogP contribution is -2.56. The summed E-state index contributed by atoms with van der Waals surface area (Å²) in [6.45, 7) is 6.60. The van der Waals surface area contributed by atoms with Crippen LogP contribution in [0.5, 0.6) is 0 Å². The highest BCUT2D eigenvalue weighted by Gasteiger charge is 2.44. The maximum atomic E-state index is 13.2. The zero-order valence-electron chi connectivity index (χ0n) is 20.2. The number of carbonyl (C=O) groups excluding carboxylic acids is 4. The van der Waals surface area contributed by atoms with Crippen molar-refractivity contribution in [3.05, 3.63) is 65.7 Å². The van der Waals surface area contributed by atoms with Crippen LogP contribution in [0, 0.1) is 0 Å². The fourth-order valence-corrected chi connectivity index (χ4v) is 3.44. The Labute approximate surface area is 203 Å². The van der Waals surface area contributed by atoms with Gasteiger partial charge in [-0.25, -0.2) is 9.59 Å². The normalized spacial score (nSPS) is 16.9. The molecule has 0 saturated carbocycles. The zero-order valence-corrected chi connectivity index (χ0v) is 20.2. The molecular formula is C26H29NO8. The molecule has 0 unspecified atom stereocenters. The highest BCUT2D eigenvalue weighted by Crippen LogP contribution is 2.24. The van der Waals surface area contributed by atoms with Crippen molar-refractivity contribution in [2.45, 2.75) is 52.1 Å². The molecule has 1 fully saturated rings. The Bertz CT molecular complexity index is 1060. The van der Waals surface area contributed by atoms with Gasteiger partial charge in [-0.1, -0.05) is 30.3 Å². The van der Waals surface area contributed by atoms with Gasteiger partial charge in [-0.3, -0.25) is 9.59 Å². The Morgan fingerprint density at radius 3 is 2.31 bits per heavy atom. The number of morpholine rings is 1. The fraction of sp³-hybridized carbons (Fsp3) is 0.385. The van der Waals surface area contributed by atoms with Gasteiger partial charge in [-0.05, 0) is 50.6 Å². The van der Waals surface area contributed by atoms with Crippen molar-refractivity contribution < 1.29 is 38.1 Å². The number of ether oxygens (including phenoxy) is 4. The molecule has 2 aromatic rings. The summed E-state index contributed by atoms with van der Waals surface area (Å²) in [7, 11) is 0. The van der Waals surface area contributed by atoms with E-state index in [0.717, 1.165) is 12.5 Å². The average Bonchev–Trinajstić information content (AvgIpc) is 2.81. The van der Waals surface area contributed by atoms with Gasteiger partial charge in [0.1, 0.15) is 12.2 Å². The van der Waals surface area contributed by atoms with E-state index in [4.69, 9.17) is 18.9 Å². The van der Waals surface area contributed by atoms with E-state index in [0.29, 0.717) is 11.3 Å². The summed E-state index contributed by atoms with van der Waals surface area (Å²) in [4.78, 5) is 51.3. The third-order valence-corrected chi connectivity index (χ3v) is 4.96. The molecule has 0 spiro atoms. The third kappa shape index (κ3) is 7.13. The van der Waals surface area contributed by atoms with E-state index in [9.17, 15) is 19.2 Å². The first-order valence-electron chi connectivity index (χ1n) is 11.2. The Morgan fingerprint density at radius 1 is 1.06 bits per heavy atom. The monoisotopic (exact) mass is 483 g/mol. The smallest absolute Gasteiger partial charge is 0.351 e. The van der Waals surface area contributed by atoms with Crippen LogP contribution in [0.3, 0.4) is 0 Å². The van der Waals surface area contributed by atoms with E-state index in [2.05, 4.69) is 0 Å². The number of hydrogen-bond acceptors (Lipinski definition) is 8. The quantitative estimate of drug-likeness (QED) is 0.437. The van der Waals surface area contributed by atoms with Crippen LogP contribution in [0.15, 0.2) is 54.6 Å². The van der Waals surface area contributed by atoms with E-state index in [1.807, 2.05) is 30.3 Å². The van der Waals surface area contributed by atoms with Crippen LogP contribution < -0.4 is 4.90 Å². The number of rotatable bonds is 7. The molecule has 0 radical (unpaired) electrons. The molecule has 0 aromatic heterocycles. The largest absolute Gasteiger partial charge is 0.457 e. The Morgan fingerprint density at radius 2 is 1.71 bits per heavy atom. The second-order valence-electron chi connectivity index (χ2n) is 8.95. The van der Waals surface area contributed by atoms with Crippen molar-refractivity contribution in [3.8, 4) is 0 Å². The van der Waals surface area contributed by atoms with Crippen molar-refractivity contribution in [1.29, 1.82) is 0 Å². The summed E-state index contributed by atoms with van der Waals surface area (Å²) >= 11 is 0. The highest BCUT2D eigenvalue weighted by atomic mass is 16.6. The summed E-state index contributed by atoms with van der Waals surface area (Å²) in [5.41, 5.74) is 0.842. The number of benzene rings is 2. The molecule has 3 rings (SSSR count). The third-order valence-electron chi connectivity index (χ3n) is 4.96. The van der Waals surface area contributed by atoms with Gasteiger partial charge in [0, 0.05) is 19.2 Å². The first-order valence-corrected chi connectivity index (χ1v) is 11.2. The van der Waals surface area contributed by atoms with Crippen LogP contribution in [-0.2, 0) is 39.9 Å². The van der Waals surface area contributed by atoms with Crippen molar-refractivity contribution in [2.75, 3.05) is 18.1 Å². The molecule has 1 amide bonds. The van der Waals surface area contributed by atoms with E-state index in [-0.39, 0.29) is 19.8 Å². The molecule has 1 aliphatic rings. The molecule has 35 heavy (non-hydrogen) atoms. The zero-order chi connectivity index (χ0) is 25.6. The Kier molecular flexibility index (Phi) is 8.24. The van der Waals surface area contributed by atoms with Gasteiger partial charge in [0.15, 0.2) is 6.10 Å². The minimum Gasteiger partial charge on any atom is -0.457 e. The average molecular weight is 484 g/mol. The highest BCUT2D eigenvalue weighted by molar-refractivity contribution is 6.01. The van der Waals surface area contributed by atoms with Gasteiger partial charge < -0.3 is 23.8 Å². The maximum Gasteiger partial charge on any atom is 0.351 e. The fourth-order valence-electron chi connectivity index (χ4n) is 3.44. The summed E-state index contributed by atoms with van der Waals surface area (Å²) in [6, 6.07) is 15.6. The van der Waals surface area contributed by atoms with Crippen LogP contribution in [0.1, 0.15) is 43.6 Å². The molecule has 186 valence electrons. The van der Waals surface area contributed by atoms with Gasteiger partial charge in [-0.2, -0.15) is 0 Å². The van der Waals surface area contributed by atoms with E-state index < -0.39 is 41.6 Å². The second kappa shape index (κ2) is 11.1. The van der Waals surface area contributed by atoms with Gasteiger partial charge >= 0.3 is 17.9 Å². The van der Waals surface area contributed by atoms with Crippen LogP contribution in [-0.4, -0.2) is 54.8 Å². The molecule has 0 N–H and O–H groups in total. The first kappa shape index (κ1) is 25.9. The lowest BCUT2D eigenvalue weighted by atomic mass is 10.1. The molecule has 2 aromatic carbocycles. The van der Waals surface area contributed by atoms with Crippen LogP contribution in [0.4, 0.5) is 5.69 Å². The number of esters is 3. The van der Waals surface area contributed by atoms with E-state index in [1.165, 1.54) is 4.90 Å². The molecule has 9 heteroatoms. The second-order valence-corrected chi connectivity index (χ2v) is 8.95. The number of nitrogens with zero attached hydrogens (tertiary/aromatic N) is 1. The Balaban J connectivity index is 1.71. The van der Waals surface area contributed by atoms with E-state index >= 15 is 0 Å². The van der Waals surface area contributed by atoms with Crippen LogP contribution in [0.2, 0.25) is 0 Å². The van der Waals surface area contributed by atoms with E-state index in [1.54, 1.807) is 45.0 Å². The molecule has 1 heterocycles. The maximum absolute atomic E-state index is 13.2. The van der Waals surface area contributed by atoms with Crippen molar-refractivity contribution in [2.24, 2.45) is 0 Å². The SMILES string of the molecule is CC(=O)O[C@@H](C(=O)OC(C)(C)C)[C@H]1OCCN(c2ccc(C(=O)OCc3ccccc3)cc2)C1=O. The minimum absolute atomic E-state index is 0.109. The lowest BCUT2D eigenvalue weighted by Gasteiger charge is -2.35.